The number of hydrogen-bond acceptors (Lipinski definition) is 8. The van der Waals surface area contributed by atoms with E-state index < -0.39 is 20.9 Å². The molecule has 0 saturated carbocycles. The number of thiazole rings is 1. The molecule has 0 aliphatic carbocycles. The van der Waals surface area contributed by atoms with E-state index in [1.54, 1.807) is 6.07 Å². The second kappa shape index (κ2) is 9.10. The number of nitrogens with zero attached hydrogens (tertiary/aromatic N) is 2. The van der Waals surface area contributed by atoms with Crippen LogP contribution >= 0.6 is 22.7 Å². The lowest BCUT2D eigenvalue weighted by atomic mass is 10.2. The Kier molecular flexibility index (Phi) is 6.22. The number of aryl methyl sites for hydroxylation is 1. The molecular weight excluding hydrogens is 484 g/mol. The van der Waals surface area contributed by atoms with Crippen molar-refractivity contribution >= 4 is 70.7 Å². The lowest BCUT2D eigenvalue weighted by molar-refractivity contribution is -0.380. The molecule has 0 radical (unpaired) electrons. The van der Waals surface area contributed by atoms with Crippen LogP contribution in [0.4, 0.5) is 15.8 Å². The molecule has 0 unspecified atom stereocenters. The number of hydrogen-bond donors (Lipinski definition) is 2. The second-order valence-electron chi connectivity index (χ2n) is 6.88. The number of thiophene rings is 1. The molecule has 0 saturated heterocycles. The highest BCUT2D eigenvalue weighted by molar-refractivity contribution is 7.93. The maximum absolute atomic E-state index is 12.7. The average Bonchev–Trinajstić information content (AvgIpc) is 3.38. The van der Waals surface area contributed by atoms with Gasteiger partial charge in [0.1, 0.15) is 0 Å². The van der Waals surface area contributed by atoms with Crippen LogP contribution in [0.3, 0.4) is 0 Å². The van der Waals surface area contributed by atoms with Gasteiger partial charge in [0.15, 0.2) is 5.13 Å². The van der Waals surface area contributed by atoms with Crippen molar-refractivity contribution in [2.75, 3.05) is 10.0 Å². The standard InChI is InChI=1S/C21H16N4O5S3/c1-13-2-9-18-17(12-13)23-21(32-18)24-33(29,30)16-7-3-14(4-8-16)22-19(26)10-5-15-6-11-20(31-15)25(27)28/h2-12H,1H3,(H,22,26)(H,23,24)/b10-5+. The summed E-state index contributed by atoms with van der Waals surface area (Å²) >= 11 is 2.20. The lowest BCUT2D eigenvalue weighted by Crippen LogP contribution is -2.13. The summed E-state index contributed by atoms with van der Waals surface area (Å²) in [4.78, 5) is 27.2. The van der Waals surface area contributed by atoms with E-state index in [0.29, 0.717) is 10.6 Å². The van der Waals surface area contributed by atoms with Crippen LogP contribution in [0.1, 0.15) is 10.4 Å². The van der Waals surface area contributed by atoms with Gasteiger partial charge in [0, 0.05) is 22.7 Å². The van der Waals surface area contributed by atoms with E-state index in [4.69, 9.17) is 0 Å². The summed E-state index contributed by atoms with van der Waals surface area (Å²) in [6.07, 6.45) is 2.71. The predicted octanol–water partition coefficient (Wildman–Crippen LogP) is 5.03. The Morgan fingerprint density at radius 1 is 1.09 bits per heavy atom. The van der Waals surface area contributed by atoms with E-state index >= 15 is 0 Å². The molecule has 168 valence electrons. The number of carbonyl (C=O) groups excluding carboxylic acids is 1. The van der Waals surface area contributed by atoms with Crippen molar-refractivity contribution in [1.29, 1.82) is 0 Å². The van der Waals surface area contributed by atoms with Gasteiger partial charge in [-0.15, -0.1) is 0 Å². The van der Waals surface area contributed by atoms with Gasteiger partial charge in [0.05, 0.1) is 20.0 Å². The molecule has 0 bridgehead atoms. The Balaban J connectivity index is 1.41. The Labute approximate surface area is 196 Å². The van der Waals surface area contributed by atoms with Crippen molar-refractivity contribution in [3.8, 4) is 0 Å². The zero-order chi connectivity index (χ0) is 23.6. The van der Waals surface area contributed by atoms with Gasteiger partial charge in [-0.3, -0.25) is 19.6 Å². The molecule has 0 aliphatic rings. The van der Waals surface area contributed by atoms with Crippen LogP contribution in [0.15, 0.2) is 65.6 Å². The van der Waals surface area contributed by atoms with Crippen LogP contribution in [0.2, 0.25) is 0 Å². The van der Waals surface area contributed by atoms with Gasteiger partial charge in [0.2, 0.25) is 5.91 Å². The van der Waals surface area contributed by atoms with Crippen LogP contribution < -0.4 is 10.0 Å². The van der Waals surface area contributed by atoms with Crippen molar-refractivity contribution in [2.45, 2.75) is 11.8 Å². The van der Waals surface area contributed by atoms with E-state index in [2.05, 4.69) is 15.0 Å². The highest BCUT2D eigenvalue weighted by Gasteiger charge is 2.17. The monoisotopic (exact) mass is 500 g/mol. The van der Waals surface area contributed by atoms with Crippen LogP contribution in [0.25, 0.3) is 16.3 Å². The van der Waals surface area contributed by atoms with E-state index in [0.717, 1.165) is 27.1 Å². The fourth-order valence-electron chi connectivity index (χ4n) is 2.84. The van der Waals surface area contributed by atoms with Gasteiger partial charge in [-0.25, -0.2) is 13.4 Å². The highest BCUT2D eigenvalue weighted by Crippen LogP contribution is 2.28. The molecule has 0 fully saturated rings. The number of amides is 1. The third kappa shape index (κ3) is 5.42. The summed E-state index contributed by atoms with van der Waals surface area (Å²) in [6.45, 7) is 1.94. The summed E-state index contributed by atoms with van der Waals surface area (Å²) in [5.41, 5.74) is 2.16. The molecule has 2 aromatic heterocycles. The number of nitrogens with one attached hydrogen (secondary N) is 2. The van der Waals surface area contributed by atoms with Gasteiger partial charge in [-0.1, -0.05) is 28.7 Å². The van der Waals surface area contributed by atoms with Crippen molar-refractivity contribution in [1.82, 2.24) is 4.98 Å². The number of aromatic nitrogens is 1. The molecule has 12 heteroatoms. The minimum atomic E-state index is -3.85. The first-order valence-electron chi connectivity index (χ1n) is 9.43. The first-order chi connectivity index (χ1) is 15.7. The van der Waals surface area contributed by atoms with Gasteiger partial charge in [-0.2, -0.15) is 0 Å². The Morgan fingerprint density at radius 3 is 2.55 bits per heavy atom. The Hall–Kier alpha value is -3.61. The molecule has 9 nitrogen and oxygen atoms in total. The first kappa shape index (κ1) is 22.6. The Morgan fingerprint density at radius 2 is 1.85 bits per heavy atom. The molecule has 33 heavy (non-hydrogen) atoms. The maximum Gasteiger partial charge on any atom is 0.324 e. The number of sulfonamides is 1. The smallest absolute Gasteiger partial charge is 0.323 e. The summed E-state index contributed by atoms with van der Waals surface area (Å²) in [7, 11) is -3.85. The highest BCUT2D eigenvalue weighted by atomic mass is 32.2. The average molecular weight is 501 g/mol. The fourth-order valence-corrected chi connectivity index (χ4v) is 5.65. The molecule has 4 rings (SSSR count). The zero-order valence-corrected chi connectivity index (χ0v) is 19.5. The van der Waals surface area contributed by atoms with Crippen LogP contribution in [-0.4, -0.2) is 24.2 Å². The van der Waals surface area contributed by atoms with Gasteiger partial charge < -0.3 is 5.32 Å². The topological polar surface area (TPSA) is 131 Å². The molecule has 0 aliphatic heterocycles. The van der Waals surface area contributed by atoms with E-state index in [-0.39, 0.29) is 15.0 Å². The summed E-state index contributed by atoms with van der Waals surface area (Å²) < 4.78 is 28.8. The van der Waals surface area contributed by atoms with E-state index in [9.17, 15) is 23.3 Å². The number of benzene rings is 2. The van der Waals surface area contributed by atoms with E-state index in [1.807, 2.05) is 25.1 Å². The lowest BCUT2D eigenvalue weighted by Gasteiger charge is -2.07. The molecule has 0 spiro atoms. The van der Waals surface area contributed by atoms with Gasteiger partial charge >= 0.3 is 5.00 Å². The number of nitro groups is 1. The predicted molar refractivity (Wildman–Crippen MR) is 130 cm³/mol. The molecule has 2 N–H and O–H groups in total. The van der Waals surface area contributed by atoms with Gasteiger partial charge in [-0.05, 0) is 61.0 Å². The SMILES string of the molecule is Cc1ccc2sc(NS(=O)(=O)c3ccc(NC(=O)/C=C/c4ccc([N+](=O)[O-])s4)cc3)nc2c1. The molecule has 2 heterocycles. The summed E-state index contributed by atoms with van der Waals surface area (Å²) in [5, 5.41) is 13.6. The minimum absolute atomic E-state index is 0.0126. The van der Waals surface area contributed by atoms with Crippen LogP contribution in [0.5, 0.6) is 0 Å². The van der Waals surface area contributed by atoms with E-state index in [1.165, 1.54) is 53.8 Å². The number of fused-ring (bicyclic) bond motifs is 1. The van der Waals surface area contributed by atoms with Crippen molar-refractivity contribution in [3.63, 3.8) is 0 Å². The van der Waals surface area contributed by atoms with Crippen LogP contribution in [0, 0.1) is 17.0 Å². The number of carbonyl (C=O) groups is 1. The first-order valence-corrected chi connectivity index (χ1v) is 12.5. The summed E-state index contributed by atoms with van der Waals surface area (Å²) in [6, 6.07) is 14.3. The zero-order valence-electron chi connectivity index (χ0n) is 17.0. The summed E-state index contributed by atoms with van der Waals surface area (Å²) in [5.74, 6) is -0.454. The molecule has 0 atom stereocenters. The largest absolute Gasteiger partial charge is 0.324 e. The third-order valence-electron chi connectivity index (χ3n) is 4.39. The molecule has 4 aromatic rings. The fraction of sp³-hybridized carbons (Fsp3) is 0.0476. The second-order valence-corrected chi connectivity index (χ2v) is 10.7. The Bertz CT molecular complexity index is 1490. The maximum atomic E-state index is 12.7. The quantitative estimate of drug-likeness (QED) is 0.208. The third-order valence-corrected chi connectivity index (χ3v) is 7.83. The van der Waals surface area contributed by atoms with Crippen molar-refractivity contribution in [2.24, 2.45) is 0 Å². The van der Waals surface area contributed by atoms with Crippen molar-refractivity contribution < 1.29 is 18.1 Å². The number of rotatable bonds is 7. The van der Waals surface area contributed by atoms with Crippen LogP contribution in [-0.2, 0) is 14.8 Å². The molecule has 1 amide bonds. The minimum Gasteiger partial charge on any atom is -0.323 e. The normalized spacial score (nSPS) is 11.7. The molecular formula is C21H16N4O5S3. The number of anilines is 2. The van der Waals surface area contributed by atoms with Gasteiger partial charge in [0.25, 0.3) is 10.0 Å². The van der Waals surface area contributed by atoms with Crippen molar-refractivity contribution in [3.05, 3.63) is 81.2 Å². The molecule has 2 aromatic carbocycles.